The van der Waals surface area contributed by atoms with Crippen LogP contribution in [0.25, 0.3) is 10.9 Å². The van der Waals surface area contributed by atoms with E-state index in [9.17, 15) is 13.2 Å². The second-order valence-electron chi connectivity index (χ2n) is 4.80. The number of para-hydroxylation sites is 1. The van der Waals surface area contributed by atoms with Crippen LogP contribution in [0.3, 0.4) is 0 Å². The van der Waals surface area contributed by atoms with Crippen molar-refractivity contribution in [1.29, 1.82) is 0 Å². The Morgan fingerprint density at radius 1 is 1.36 bits per heavy atom. The van der Waals surface area contributed by atoms with Gasteiger partial charge in [0.2, 0.25) is 21.8 Å². The van der Waals surface area contributed by atoms with Crippen LogP contribution in [0, 0.1) is 0 Å². The summed E-state index contributed by atoms with van der Waals surface area (Å²) < 4.78 is 28.8. The van der Waals surface area contributed by atoms with Gasteiger partial charge in [0.15, 0.2) is 0 Å². The van der Waals surface area contributed by atoms with Crippen molar-refractivity contribution in [2.24, 2.45) is 0 Å². The number of nitrogens with one attached hydrogen (secondary N) is 1. The minimum Gasteiger partial charge on any atom is -0.481 e. The number of fused-ring (bicyclic) bond motifs is 1. The van der Waals surface area contributed by atoms with Crippen molar-refractivity contribution in [2.75, 3.05) is 32.3 Å². The number of nitrogens with zero attached hydrogens (tertiary/aromatic N) is 2. The van der Waals surface area contributed by atoms with Crippen molar-refractivity contribution in [2.45, 2.75) is 0 Å². The Morgan fingerprint density at radius 3 is 2.68 bits per heavy atom. The fraction of sp³-hybridized carbons (Fsp3) is 0.286. The summed E-state index contributed by atoms with van der Waals surface area (Å²) in [7, 11) is -0.576. The molecule has 7 nitrogen and oxygen atoms in total. The standard InChI is InChI=1S/C14H17N3O4S/c1-17(22(3,19)20)9-13(18)15-12-8-14(21-2)16-11-7-5-4-6-10(11)12/h4-8H,9H2,1-3H3,(H,15,16,18). The van der Waals surface area contributed by atoms with Crippen molar-refractivity contribution in [3.05, 3.63) is 30.3 Å². The number of pyridine rings is 1. The smallest absolute Gasteiger partial charge is 0.239 e. The van der Waals surface area contributed by atoms with Crippen LogP contribution in [0.2, 0.25) is 0 Å². The van der Waals surface area contributed by atoms with Crippen LogP contribution in [0.15, 0.2) is 30.3 Å². The maximum absolute atomic E-state index is 12.0. The molecule has 8 heteroatoms. The Kier molecular flexibility index (Phi) is 4.62. The summed E-state index contributed by atoms with van der Waals surface area (Å²) in [5.74, 6) is -0.0724. The number of carbonyl (C=O) groups is 1. The number of anilines is 1. The monoisotopic (exact) mass is 323 g/mol. The van der Waals surface area contributed by atoms with Gasteiger partial charge in [0.1, 0.15) is 0 Å². The quantitative estimate of drug-likeness (QED) is 0.889. The molecule has 1 aromatic carbocycles. The molecule has 0 bridgehead atoms. The zero-order chi connectivity index (χ0) is 16.3. The van der Waals surface area contributed by atoms with Crippen LogP contribution >= 0.6 is 0 Å². The molecule has 0 atom stereocenters. The van der Waals surface area contributed by atoms with Crippen LogP contribution in [-0.2, 0) is 14.8 Å². The van der Waals surface area contributed by atoms with Crippen molar-refractivity contribution in [3.63, 3.8) is 0 Å². The van der Waals surface area contributed by atoms with Crippen LogP contribution in [0.5, 0.6) is 5.88 Å². The average molecular weight is 323 g/mol. The number of rotatable bonds is 5. The highest BCUT2D eigenvalue weighted by Gasteiger charge is 2.16. The molecular formula is C14H17N3O4S. The van der Waals surface area contributed by atoms with Crippen molar-refractivity contribution in [1.82, 2.24) is 9.29 Å². The number of sulfonamides is 1. The lowest BCUT2D eigenvalue weighted by molar-refractivity contribution is -0.116. The molecule has 0 aliphatic heterocycles. The highest BCUT2D eigenvalue weighted by atomic mass is 32.2. The molecule has 0 radical (unpaired) electrons. The summed E-state index contributed by atoms with van der Waals surface area (Å²) >= 11 is 0. The van der Waals surface area contributed by atoms with Crippen LogP contribution in [0.1, 0.15) is 0 Å². The van der Waals surface area contributed by atoms with E-state index in [1.54, 1.807) is 12.1 Å². The van der Waals surface area contributed by atoms with Crippen molar-refractivity contribution < 1.29 is 17.9 Å². The Bertz CT molecular complexity index is 805. The van der Waals surface area contributed by atoms with Gasteiger partial charge in [-0.1, -0.05) is 18.2 Å². The van der Waals surface area contributed by atoms with E-state index in [1.165, 1.54) is 14.2 Å². The predicted molar refractivity (Wildman–Crippen MR) is 84.4 cm³/mol. The maximum Gasteiger partial charge on any atom is 0.239 e. The number of carbonyl (C=O) groups excluding carboxylic acids is 1. The van der Waals surface area contributed by atoms with Gasteiger partial charge >= 0.3 is 0 Å². The lowest BCUT2D eigenvalue weighted by Crippen LogP contribution is -2.34. The van der Waals surface area contributed by atoms with Gasteiger partial charge in [-0.2, -0.15) is 4.31 Å². The molecule has 2 aromatic rings. The number of benzene rings is 1. The average Bonchev–Trinajstić information content (AvgIpc) is 2.45. The van der Waals surface area contributed by atoms with Crippen LogP contribution in [0.4, 0.5) is 5.69 Å². The molecular weight excluding hydrogens is 306 g/mol. The Morgan fingerprint density at radius 2 is 2.05 bits per heavy atom. The zero-order valence-corrected chi connectivity index (χ0v) is 13.3. The molecule has 0 aliphatic rings. The first-order valence-corrected chi connectivity index (χ1v) is 8.31. The Labute approximate surface area is 129 Å². The fourth-order valence-corrected chi connectivity index (χ4v) is 2.22. The van der Waals surface area contributed by atoms with Gasteiger partial charge in [0.25, 0.3) is 0 Å². The molecule has 1 heterocycles. The van der Waals surface area contributed by atoms with Gasteiger partial charge in [0.05, 0.1) is 31.1 Å². The van der Waals surface area contributed by atoms with Crippen molar-refractivity contribution >= 4 is 32.5 Å². The minimum atomic E-state index is -3.41. The molecule has 1 amide bonds. The van der Waals surface area contributed by atoms with E-state index in [4.69, 9.17) is 4.74 Å². The topological polar surface area (TPSA) is 88.6 Å². The summed E-state index contributed by atoms with van der Waals surface area (Å²) in [6.45, 7) is -0.266. The summed E-state index contributed by atoms with van der Waals surface area (Å²) in [6.07, 6.45) is 1.05. The third kappa shape index (κ3) is 3.71. The number of ether oxygens (including phenoxy) is 1. The van der Waals surface area contributed by atoms with Gasteiger partial charge < -0.3 is 10.1 Å². The normalized spacial score (nSPS) is 11.6. The first-order chi connectivity index (χ1) is 10.3. The highest BCUT2D eigenvalue weighted by molar-refractivity contribution is 7.88. The molecule has 0 saturated carbocycles. The molecule has 1 aromatic heterocycles. The summed E-state index contributed by atoms with van der Waals surface area (Å²) in [4.78, 5) is 16.3. The molecule has 0 unspecified atom stereocenters. The summed E-state index contributed by atoms with van der Waals surface area (Å²) in [6, 6.07) is 8.88. The maximum atomic E-state index is 12.0. The van der Waals surface area contributed by atoms with Crippen LogP contribution < -0.4 is 10.1 Å². The van der Waals surface area contributed by atoms with E-state index >= 15 is 0 Å². The molecule has 2 rings (SSSR count). The van der Waals surface area contributed by atoms with E-state index in [-0.39, 0.29) is 6.54 Å². The SMILES string of the molecule is COc1cc(NC(=O)CN(C)S(C)(=O)=O)c2ccccc2n1. The van der Waals surface area contributed by atoms with Crippen molar-refractivity contribution in [3.8, 4) is 5.88 Å². The number of amides is 1. The lowest BCUT2D eigenvalue weighted by Gasteiger charge is -2.15. The highest BCUT2D eigenvalue weighted by Crippen LogP contribution is 2.26. The third-order valence-corrected chi connectivity index (χ3v) is 4.37. The van der Waals surface area contributed by atoms with E-state index in [2.05, 4.69) is 10.3 Å². The second kappa shape index (κ2) is 6.29. The molecule has 0 spiro atoms. The number of hydrogen-bond acceptors (Lipinski definition) is 5. The number of aromatic nitrogens is 1. The fourth-order valence-electron chi connectivity index (χ4n) is 1.87. The molecule has 0 saturated heterocycles. The van der Waals surface area contributed by atoms with E-state index in [0.717, 1.165) is 15.9 Å². The molecule has 118 valence electrons. The number of hydrogen-bond donors (Lipinski definition) is 1. The van der Waals surface area contributed by atoms with Gasteiger partial charge in [-0.05, 0) is 6.07 Å². The summed E-state index contributed by atoms with van der Waals surface area (Å²) in [5.41, 5.74) is 1.20. The minimum absolute atomic E-state index is 0.266. The summed E-state index contributed by atoms with van der Waals surface area (Å²) in [5, 5.41) is 3.45. The Hall–Kier alpha value is -2.19. The van der Waals surface area contributed by atoms with Gasteiger partial charge in [-0.25, -0.2) is 13.4 Å². The van der Waals surface area contributed by atoms with Gasteiger partial charge in [-0.3, -0.25) is 4.79 Å². The predicted octanol–water partition coefficient (Wildman–Crippen LogP) is 1.07. The first kappa shape index (κ1) is 16.2. The molecule has 0 fully saturated rings. The largest absolute Gasteiger partial charge is 0.481 e. The molecule has 22 heavy (non-hydrogen) atoms. The Balaban J connectivity index is 2.29. The van der Waals surface area contributed by atoms with E-state index < -0.39 is 15.9 Å². The van der Waals surface area contributed by atoms with Crippen LogP contribution in [-0.4, -0.2) is 50.6 Å². The number of methoxy groups -OCH3 is 1. The molecule has 0 aliphatic carbocycles. The third-order valence-electron chi connectivity index (χ3n) is 3.11. The van der Waals surface area contributed by atoms with Gasteiger partial charge in [0, 0.05) is 18.5 Å². The van der Waals surface area contributed by atoms with E-state index in [0.29, 0.717) is 17.1 Å². The number of likely N-dealkylation sites (N-methyl/N-ethyl adjacent to an activating group) is 1. The zero-order valence-electron chi connectivity index (χ0n) is 12.5. The second-order valence-corrected chi connectivity index (χ2v) is 6.89. The van der Waals surface area contributed by atoms with E-state index in [1.807, 2.05) is 18.2 Å². The molecule has 1 N–H and O–H groups in total. The first-order valence-electron chi connectivity index (χ1n) is 6.46. The lowest BCUT2D eigenvalue weighted by atomic mass is 10.2. The van der Waals surface area contributed by atoms with Gasteiger partial charge in [-0.15, -0.1) is 0 Å².